The van der Waals surface area contributed by atoms with E-state index in [1.807, 2.05) is 4.98 Å². The lowest BCUT2D eigenvalue weighted by atomic mass is 9.98. The van der Waals surface area contributed by atoms with Gasteiger partial charge in [-0.3, -0.25) is 14.6 Å². The number of hydrogen-bond donors (Lipinski definition) is 1. The molecule has 1 aromatic heterocycles. The quantitative estimate of drug-likeness (QED) is 0.396. The summed E-state index contributed by atoms with van der Waals surface area (Å²) in [6, 6.07) is 15.4. The fourth-order valence-electron chi connectivity index (χ4n) is 4.07. The molecule has 0 radical (unpaired) electrons. The van der Waals surface area contributed by atoms with Gasteiger partial charge in [-0.05, 0) is 60.0 Å². The van der Waals surface area contributed by atoms with Crippen molar-refractivity contribution in [3.63, 3.8) is 0 Å². The third-order valence-corrected chi connectivity index (χ3v) is 6.47. The van der Waals surface area contributed by atoms with E-state index in [2.05, 4.69) is 5.10 Å². The summed E-state index contributed by atoms with van der Waals surface area (Å²) in [4.78, 5) is 40.5. The Labute approximate surface area is 224 Å². The van der Waals surface area contributed by atoms with Crippen LogP contribution in [0.25, 0.3) is 5.69 Å². The Balaban J connectivity index is 1.38. The number of nitriles is 1. The Morgan fingerprint density at radius 2 is 1.76 bits per heavy atom. The third-order valence-electron chi connectivity index (χ3n) is 5.91. The zero-order chi connectivity index (χ0) is 27.0. The number of carbonyl (C=O) groups excluding carboxylic acids is 1. The van der Waals surface area contributed by atoms with Gasteiger partial charge in [0.25, 0.3) is 11.5 Å². The first-order chi connectivity index (χ1) is 18.2. The topological polar surface area (TPSA) is 121 Å². The molecular formula is C26H16Cl2FN5O4. The SMILES string of the molecule is N#Cc1nn(-c2cc(Cl)c(Oc3ccc4c(c3)CCN(Cc3ccc(F)cc3)C4=O)c(Cl)c2)c(=O)[nH]c1=O. The van der Waals surface area contributed by atoms with Crippen molar-refractivity contribution in [1.29, 1.82) is 5.26 Å². The molecule has 0 saturated carbocycles. The van der Waals surface area contributed by atoms with E-state index >= 15 is 0 Å². The molecule has 38 heavy (non-hydrogen) atoms. The van der Waals surface area contributed by atoms with Gasteiger partial charge in [-0.1, -0.05) is 35.3 Å². The number of hydrogen-bond acceptors (Lipinski definition) is 6. The molecule has 1 amide bonds. The fraction of sp³-hybridized carbons (Fsp3) is 0.115. The molecule has 0 unspecified atom stereocenters. The Hall–Kier alpha value is -4.46. The molecule has 1 aliphatic rings. The zero-order valence-corrected chi connectivity index (χ0v) is 20.9. The highest BCUT2D eigenvalue weighted by Gasteiger charge is 2.25. The van der Waals surface area contributed by atoms with Crippen molar-refractivity contribution in [2.75, 3.05) is 6.54 Å². The average molecular weight is 552 g/mol. The average Bonchev–Trinajstić information content (AvgIpc) is 2.89. The molecule has 5 rings (SSSR count). The maximum absolute atomic E-state index is 13.2. The minimum Gasteiger partial charge on any atom is -0.454 e. The van der Waals surface area contributed by atoms with Crippen molar-refractivity contribution in [2.24, 2.45) is 0 Å². The molecule has 0 fully saturated rings. The van der Waals surface area contributed by atoms with Crippen LogP contribution in [0.4, 0.5) is 4.39 Å². The maximum Gasteiger partial charge on any atom is 0.349 e. The van der Waals surface area contributed by atoms with E-state index in [0.717, 1.165) is 15.8 Å². The van der Waals surface area contributed by atoms with Crippen LogP contribution in [-0.2, 0) is 13.0 Å². The number of carbonyl (C=O) groups is 1. The number of aromatic amines is 1. The van der Waals surface area contributed by atoms with E-state index in [-0.39, 0.29) is 33.2 Å². The number of nitrogens with zero attached hydrogens (tertiary/aromatic N) is 4. The number of fused-ring (bicyclic) bond motifs is 1. The van der Waals surface area contributed by atoms with Gasteiger partial charge in [0.15, 0.2) is 5.75 Å². The summed E-state index contributed by atoms with van der Waals surface area (Å²) >= 11 is 12.8. The number of nitrogens with one attached hydrogen (secondary N) is 1. The van der Waals surface area contributed by atoms with E-state index in [0.29, 0.717) is 30.8 Å². The molecule has 9 nitrogen and oxygen atoms in total. The van der Waals surface area contributed by atoms with Crippen molar-refractivity contribution in [3.8, 4) is 23.3 Å². The number of halogens is 3. The second-order valence-electron chi connectivity index (χ2n) is 8.39. The number of rotatable bonds is 5. The highest BCUT2D eigenvalue weighted by molar-refractivity contribution is 6.37. The Morgan fingerprint density at radius 3 is 2.45 bits per heavy atom. The van der Waals surface area contributed by atoms with E-state index in [1.54, 1.807) is 41.3 Å². The van der Waals surface area contributed by atoms with Crippen molar-refractivity contribution >= 4 is 29.1 Å². The van der Waals surface area contributed by atoms with Gasteiger partial charge in [-0.15, -0.1) is 5.10 Å². The normalized spacial score (nSPS) is 12.7. The van der Waals surface area contributed by atoms with Crippen LogP contribution in [0.3, 0.4) is 0 Å². The molecule has 1 aliphatic heterocycles. The Morgan fingerprint density at radius 1 is 1.05 bits per heavy atom. The highest BCUT2D eigenvalue weighted by Crippen LogP contribution is 2.39. The molecular weight excluding hydrogens is 536 g/mol. The first-order valence-corrected chi connectivity index (χ1v) is 12.0. The standard InChI is InChI=1S/C26H16Cl2FN5O4/c27-20-10-17(34-26(37)31-24(35)22(12-30)32-34)11-21(28)23(20)38-18-5-6-19-15(9-18)7-8-33(25(19)36)13-14-1-3-16(29)4-2-14/h1-6,9-11H,7-8,13H2,(H,31,35,37). The van der Waals surface area contributed by atoms with Gasteiger partial charge in [0.1, 0.15) is 17.6 Å². The molecule has 190 valence electrons. The van der Waals surface area contributed by atoms with E-state index in [1.165, 1.54) is 24.3 Å². The van der Waals surface area contributed by atoms with Gasteiger partial charge in [0, 0.05) is 18.7 Å². The number of ether oxygens (including phenoxy) is 1. The van der Waals surface area contributed by atoms with Crippen LogP contribution in [0.1, 0.15) is 27.2 Å². The van der Waals surface area contributed by atoms with Gasteiger partial charge < -0.3 is 9.64 Å². The molecule has 12 heteroatoms. The van der Waals surface area contributed by atoms with Crippen molar-refractivity contribution < 1.29 is 13.9 Å². The van der Waals surface area contributed by atoms with Crippen molar-refractivity contribution in [3.05, 3.63) is 114 Å². The van der Waals surface area contributed by atoms with E-state index in [9.17, 15) is 18.8 Å². The second-order valence-corrected chi connectivity index (χ2v) is 9.21. The zero-order valence-electron chi connectivity index (χ0n) is 19.4. The molecule has 2 heterocycles. The van der Waals surface area contributed by atoms with Crippen LogP contribution >= 0.6 is 23.2 Å². The summed E-state index contributed by atoms with van der Waals surface area (Å²) in [5, 5.41) is 12.9. The van der Waals surface area contributed by atoms with E-state index < -0.39 is 16.9 Å². The first-order valence-electron chi connectivity index (χ1n) is 11.2. The Kier molecular flexibility index (Phi) is 6.72. The number of aromatic nitrogens is 3. The lowest BCUT2D eigenvalue weighted by Crippen LogP contribution is -2.37. The summed E-state index contributed by atoms with van der Waals surface area (Å²) in [6.07, 6.45) is 0.585. The maximum atomic E-state index is 13.2. The lowest BCUT2D eigenvalue weighted by Gasteiger charge is -2.29. The highest BCUT2D eigenvalue weighted by atomic mass is 35.5. The minimum absolute atomic E-state index is 0.0465. The molecule has 3 aromatic carbocycles. The van der Waals surface area contributed by atoms with Crippen LogP contribution in [0.5, 0.6) is 11.5 Å². The van der Waals surface area contributed by atoms with Crippen molar-refractivity contribution in [2.45, 2.75) is 13.0 Å². The summed E-state index contributed by atoms with van der Waals surface area (Å²) in [7, 11) is 0. The van der Waals surface area contributed by atoms with Crippen LogP contribution in [0, 0.1) is 17.1 Å². The second kappa shape index (κ2) is 10.1. The number of H-pyrrole nitrogens is 1. The summed E-state index contributed by atoms with van der Waals surface area (Å²) in [5.41, 5.74) is -0.00809. The molecule has 1 N–H and O–H groups in total. The molecule has 0 aliphatic carbocycles. The Bertz CT molecular complexity index is 1720. The fourth-order valence-corrected chi connectivity index (χ4v) is 4.62. The predicted molar refractivity (Wildman–Crippen MR) is 137 cm³/mol. The minimum atomic E-state index is -0.907. The largest absolute Gasteiger partial charge is 0.454 e. The molecule has 0 saturated heterocycles. The molecule has 0 bridgehead atoms. The lowest BCUT2D eigenvalue weighted by molar-refractivity contribution is 0.0727. The monoisotopic (exact) mass is 551 g/mol. The van der Waals surface area contributed by atoms with Crippen LogP contribution in [0.2, 0.25) is 10.0 Å². The first kappa shape index (κ1) is 25.2. The molecule has 4 aromatic rings. The van der Waals surface area contributed by atoms with Crippen LogP contribution in [-0.4, -0.2) is 32.1 Å². The predicted octanol–water partition coefficient (Wildman–Crippen LogP) is 4.23. The summed E-state index contributed by atoms with van der Waals surface area (Å²) < 4.78 is 19.9. The van der Waals surface area contributed by atoms with Gasteiger partial charge in [0.2, 0.25) is 5.69 Å². The molecule has 0 atom stereocenters. The van der Waals surface area contributed by atoms with Gasteiger partial charge in [-0.2, -0.15) is 9.94 Å². The summed E-state index contributed by atoms with van der Waals surface area (Å²) in [5.74, 6) is 0.0287. The number of amides is 1. The molecule has 0 spiro atoms. The van der Waals surface area contributed by atoms with E-state index in [4.69, 9.17) is 33.2 Å². The van der Waals surface area contributed by atoms with Crippen LogP contribution < -0.4 is 16.0 Å². The van der Waals surface area contributed by atoms with Gasteiger partial charge >= 0.3 is 5.69 Å². The summed E-state index contributed by atoms with van der Waals surface area (Å²) in [6.45, 7) is 0.853. The van der Waals surface area contributed by atoms with Gasteiger partial charge in [-0.25, -0.2) is 9.18 Å². The van der Waals surface area contributed by atoms with Crippen LogP contribution in [0.15, 0.2) is 64.2 Å². The smallest absolute Gasteiger partial charge is 0.349 e. The number of benzene rings is 3. The third kappa shape index (κ3) is 4.89. The van der Waals surface area contributed by atoms with Crippen molar-refractivity contribution in [1.82, 2.24) is 19.7 Å². The van der Waals surface area contributed by atoms with Gasteiger partial charge in [0.05, 0.1) is 15.7 Å².